The van der Waals surface area contributed by atoms with Gasteiger partial charge in [0.25, 0.3) is 11.8 Å². The molecule has 4 rings (SSSR count). The van der Waals surface area contributed by atoms with E-state index in [1.165, 1.54) is 12.1 Å². The number of hydrogen-bond donors (Lipinski definition) is 0. The largest absolute Gasteiger partial charge is 0.493 e. The first kappa shape index (κ1) is 13.5. The van der Waals surface area contributed by atoms with Gasteiger partial charge in [-0.3, -0.25) is 9.59 Å². The molecule has 6 heteroatoms. The fraction of sp³-hybridized carbons (Fsp3) is 0.118. The summed E-state index contributed by atoms with van der Waals surface area (Å²) in [6.07, 6.45) is 0.795. The van der Waals surface area contributed by atoms with Crippen LogP contribution in [0.1, 0.15) is 36.6 Å². The summed E-state index contributed by atoms with van der Waals surface area (Å²) in [5, 5.41) is 0.501. The normalized spacial score (nSPS) is 15.2. The van der Waals surface area contributed by atoms with Gasteiger partial charge < -0.3 is 9.57 Å². The van der Waals surface area contributed by atoms with E-state index in [4.69, 9.17) is 9.57 Å². The molecule has 0 unspecified atom stereocenters. The van der Waals surface area contributed by atoms with Gasteiger partial charge in [0.15, 0.2) is 0 Å². The van der Waals surface area contributed by atoms with Gasteiger partial charge >= 0.3 is 5.97 Å². The number of amides is 2. The molecule has 0 saturated heterocycles. The van der Waals surface area contributed by atoms with Crippen LogP contribution in [-0.4, -0.2) is 29.5 Å². The van der Waals surface area contributed by atoms with Crippen LogP contribution in [-0.2, 0) is 11.3 Å². The van der Waals surface area contributed by atoms with Gasteiger partial charge in [0, 0.05) is 6.42 Å². The lowest BCUT2D eigenvalue weighted by Gasteiger charge is -2.13. The summed E-state index contributed by atoms with van der Waals surface area (Å²) in [6, 6.07) is 11.3. The minimum atomic E-state index is -0.780. The van der Waals surface area contributed by atoms with E-state index in [1.54, 1.807) is 30.3 Å². The lowest BCUT2D eigenvalue weighted by molar-refractivity contribution is -0.0584. The molecule has 2 aromatic carbocycles. The number of nitrogens with zero attached hydrogens (tertiary/aromatic N) is 1. The second-order valence-electron chi connectivity index (χ2n) is 5.25. The molecule has 2 aromatic rings. The molecule has 6 nitrogen and oxygen atoms in total. The monoisotopic (exact) mass is 309 g/mol. The lowest BCUT2D eigenvalue weighted by atomic mass is 10.1. The maximum Gasteiger partial charge on any atom is 0.364 e. The van der Waals surface area contributed by atoms with Crippen LogP contribution in [0.5, 0.6) is 5.75 Å². The van der Waals surface area contributed by atoms with Crippen LogP contribution < -0.4 is 4.74 Å². The molecule has 2 amide bonds. The smallest absolute Gasteiger partial charge is 0.364 e. The number of carbonyl (C=O) groups excluding carboxylic acids is 3. The Balaban J connectivity index is 1.58. The van der Waals surface area contributed by atoms with Gasteiger partial charge in [-0.25, -0.2) is 4.79 Å². The molecule has 2 aliphatic heterocycles. The van der Waals surface area contributed by atoms with Crippen molar-refractivity contribution in [2.24, 2.45) is 0 Å². The fourth-order valence-corrected chi connectivity index (χ4v) is 2.68. The maximum atomic E-state index is 12.2. The molecule has 0 atom stereocenters. The molecule has 23 heavy (non-hydrogen) atoms. The van der Waals surface area contributed by atoms with Crippen LogP contribution in [0.15, 0.2) is 42.5 Å². The predicted octanol–water partition coefficient (Wildman–Crippen LogP) is 1.99. The number of benzene rings is 2. The van der Waals surface area contributed by atoms with Crippen LogP contribution in [0.4, 0.5) is 0 Å². The third-order valence-corrected chi connectivity index (χ3v) is 3.86. The van der Waals surface area contributed by atoms with E-state index in [0.29, 0.717) is 17.4 Å². The summed E-state index contributed by atoms with van der Waals surface area (Å²) in [4.78, 5) is 41.6. The van der Waals surface area contributed by atoms with Gasteiger partial charge in [0.1, 0.15) is 5.75 Å². The molecule has 114 valence electrons. The molecule has 0 radical (unpaired) electrons. The summed E-state index contributed by atoms with van der Waals surface area (Å²) in [5.41, 5.74) is 1.69. The molecule has 2 aliphatic rings. The zero-order valence-corrected chi connectivity index (χ0v) is 11.9. The summed E-state index contributed by atoms with van der Waals surface area (Å²) in [5.74, 6) is -1.44. The predicted molar refractivity (Wildman–Crippen MR) is 78.0 cm³/mol. The van der Waals surface area contributed by atoms with Gasteiger partial charge in [-0.2, -0.15) is 0 Å². The Hall–Kier alpha value is -3.15. The third kappa shape index (κ3) is 2.07. The zero-order valence-electron chi connectivity index (χ0n) is 11.9. The Kier molecular flexibility index (Phi) is 2.90. The minimum absolute atomic E-state index is 0.224. The number of carbonyl (C=O) groups is 3. The Labute approximate surface area is 131 Å². The molecule has 0 bridgehead atoms. The average molecular weight is 309 g/mol. The molecular weight excluding hydrogens is 298 g/mol. The summed E-state index contributed by atoms with van der Waals surface area (Å²) >= 11 is 0. The van der Waals surface area contributed by atoms with Crippen LogP contribution >= 0.6 is 0 Å². The van der Waals surface area contributed by atoms with Crippen molar-refractivity contribution in [1.29, 1.82) is 0 Å². The number of fused-ring (bicyclic) bond motifs is 2. The molecule has 0 aliphatic carbocycles. The molecule has 0 fully saturated rings. The minimum Gasteiger partial charge on any atom is -0.493 e. The second kappa shape index (κ2) is 4.95. The van der Waals surface area contributed by atoms with E-state index in [2.05, 4.69) is 0 Å². The van der Waals surface area contributed by atoms with E-state index in [0.717, 1.165) is 12.0 Å². The van der Waals surface area contributed by atoms with Gasteiger partial charge in [-0.15, -0.1) is 0 Å². The van der Waals surface area contributed by atoms with Crippen LogP contribution in [0.2, 0.25) is 0 Å². The zero-order chi connectivity index (χ0) is 16.0. The Morgan fingerprint density at radius 2 is 1.74 bits per heavy atom. The highest BCUT2D eigenvalue weighted by atomic mass is 16.7. The first-order valence-corrected chi connectivity index (χ1v) is 7.11. The van der Waals surface area contributed by atoms with Crippen molar-refractivity contribution in [1.82, 2.24) is 5.06 Å². The number of ether oxygens (including phenoxy) is 1. The van der Waals surface area contributed by atoms with Crippen molar-refractivity contribution in [3.63, 3.8) is 0 Å². The van der Waals surface area contributed by atoms with Crippen molar-refractivity contribution in [2.45, 2.75) is 6.42 Å². The number of imide groups is 1. The number of rotatable bonds is 2. The average Bonchev–Trinajstić information content (AvgIpc) is 3.13. The molecule has 0 N–H and O–H groups in total. The van der Waals surface area contributed by atoms with E-state index in [-0.39, 0.29) is 16.7 Å². The summed E-state index contributed by atoms with van der Waals surface area (Å²) in [7, 11) is 0. The third-order valence-electron chi connectivity index (χ3n) is 3.86. The lowest BCUT2D eigenvalue weighted by Crippen LogP contribution is -2.32. The summed E-state index contributed by atoms with van der Waals surface area (Å²) < 4.78 is 5.40. The Bertz CT molecular complexity index is 823. The topological polar surface area (TPSA) is 72.9 Å². The van der Waals surface area contributed by atoms with Gasteiger partial charge in [0.2, 0.25) is 0 Å². The first-order chi connectivity index (χ1) is 11.1. The van der Waals surface area contributed by atoms with Gasteiger partial charge in [-0.05, 0) is 29.8 Å². The van der Waals surface area contributed by atoms with E-state index < -0.39 is 17.8 Å². The van der Waals surface area contributed by atoms with Crippen molar-refractivity contribution in [3.05, 3.63) is 64.7 Å². The molecule has 0 spiro atoms. The van der Waals surface area contributed by atoms with E-state index in [1.807, 2.05) is 0 Å². The van der Waals surface area contributed by atoms with E-state index >= 15 is 0 Å². The van der Waals surface area contributed by atoms with E-state index in [9.17, 15) is 14.4 Å². The van der Waals surface area contributed by atoms with Crippen molar-refractivity contribution >= 4 is 17.8 Å². The van der Waals surface area contributed by atoms with Gasteiger partial charge in [0.05, 0.1) is 23.3 Å². The fourth-order valence-electron chi connectivity index (χ4n) is 2.68. The Morgan fingerprint density at radius 1 is 1.04 bits per heavy atom. The summed E-state index contributed by atoms with van der Waals surface area (Å²) in [6.45, 7) is 0.576. The number of hydrogen-bond acceptors (Lipinski definition) is 5. The van der Waals surface area contributed by atoms with Crippen molar-refractivity contribution in [3.8, 4) is 5.75 Å². The van der Waals surface area contributed by atoms with Crippen LogP contribution in [0.3, 0.4) is 0 Å². The molecule has 0 aromatic heterocycles. The molecule has 2 heterocycles. The highest BCUT2D eigenvalue weighted by molar-refractivity contribution is 6.21. The quantitative estimate of drug-likeness (QED) is 0.793. The van der Waals surface area contributed by atoms with Crippen LogP contribution in [0.25, 0.3) is 0 Å². The van der Waals surface area contributed by atoms with Crippen molar-refractivity contribution < 1.29 is 24.0 Å². The van der Waals surface area contributed by atoms with Crippen molar-refractivity contribution in [2.75, 3.05) is 6.61 Å². The highest BCUT2D eigenvalue weighted by Gasteiger charge is 2.38. The standard InChI is InChI=1S/C17H11NO5/c19-15-12-3-1-2-4-13(12)16(20)18(15)23-17(21)11-6-5-10-7-8-22-14(10)9-11/h1-6,9H,7-8H2. The highest BCUT2D eigenvalue weighted by Crippen LogP contribution is 2.27. The Morgan fingerprint density at radius 3 is 2.43 bits per heavy atom. The number of hydroxylamine groups is 2. The maximum absolute atomic E-state index is 12.2. The SMILES string of the molecule is O=C(ON1C(=O)c2ccccc2C1=O)c1ccc2c(c1)OCC2. The molecule has 0 saturated carbocycles. The second-order valence-corrected chi connectivity index (χ2v) is 5.25. The molecular formula is C17H11NO5. The van der Waals surface area contributed by atoms with Gasteiger partial charge in [-0.1, -0.05) is 23.3 Å². The van der Waals surface area contributed by atoms with Crippen LogP contribution in [0, 0.1) is 0 Å². The first-order valence-electron chi connectivity index (χ1n) is 7.11.